The third-order valence-corrected chi connectivity index (χ3v) is 5.22. The van der Waals surface area contributed by atoms with E-state index >= 15 is 0 Å². The third-order valence-electron chi connectivity index (χ3n) is 4.27. The van der Waals surface area contributed by atoms with Gasteiger partial charge in [-0.25, -0.2) is 0 Å². The molecule has 0 unspecified atom stereocenters. The lowest BCUT2D eigenvalue weighted by Crippen LogP contribution is -2.15. The van der Waals surface area contributed by atoms with Crippen molar-refractivity contribution in [3.63, 3.8) is 0 Å². The Morgan fingerprint density at radius 1 is 1.04 bits per heavy atom. The van der Waals surface area contributed by atoms with E-state index in [0.717, 1.165) is 10.6 Å². The van der Waals surface area contributed by atoms with Gasteiger partial charge >= 0.3 is 0 Å². The maximum atomic E-state index is 12.7. The van der Waals surface area contributed by atoms with E-state index in [4.69, 9.17) is 4.74 Å². The van der Waals surface area contributed by atoms with Gasteiger partial charge in [0.1, 0.15) is 5.75 Å². The van der Waals surface area contributed by atoms with Crippen molar-refractivity contribution in [1.29, 1.82) is 0 Å². The van der Waals surface area contributed by atoms with Crippen LogP contribution in [0.5, 0.6) is 11.5 Å². The van der Waals surface area contributed by atoms with Crippen LogP contribution < -0.4 is 15.4 Å². The molecule has 4 rings (SSSR count). The van der Waals surface area contributed by atoms with E-state index in [2.05, 4.69) is 10.6 Å². The first kappa shape index (κ1) is 18.1. The second-order valence-corrected chi connectivity index (χ2v) is 7.45. The number of fused-ring (bicyclic) bond motifs is 2. The Labute approximate surface area is 167 Å². The lowest BCUT2D eigenvalue weighted by Gasteiger charge is -2.11. The first-order valence-corrected chi connectivity index (χ1v) is 9.89. The summed E-state index contributed by atoms with van der Waals surface area (Å²) in [5, 5.41) is 5.72. The Bertz CT molecular complexity index is 1070. The summed E-state index contributed by atoms with van der Waals surface area (Å²) < 4.78 is 5.87. The van der Waals surface area contributed by atoms with Gasteiger partial charge in [0, 0.05) is 10.6 Å². The van der Waals surface area contributed by atoms with Gasteiger partial charge in [0.2, 0.25) is 0 Å². The molecule has 1 aliphatic heterocycles. The summed E-state index contributed by atoms with van der Waals surface area (Å²) in [4.78, 5) is 26.3. The number of hydrogen-bond acceptors (Lipinski definition) is 4. The molecule has 0 aromatic heterocycles. The molecule has 0 aliphatic carbocycles. The molecule has 3 aromatic carbocycles. The minimum Gasteiger partial charge on any atom is -0.454 e. The maximum Gasteiger partial charge on any atom is 0.259 e. The summed E-state index contributed by atoms with van der Waals surface area (Å²) in [5.41, 5.74) is 2.12. The molecule has 5 nitrogen and oxygen atoms in total. The fourth-order valence-electron chi connectivity index (χ4n) is 2.98. The molecule has 1 aliphatic rings. The molecule has 28 heavy (non-hydrogen) atoms. The van der Waals surface area contributed by atoms with Crippen molar-refractivity contribution in [2.75, 3.05) is 16.4 Å². The maximum absolute atomic E-state index is 12.7. The fourth-order valence-corrected chi connectivity index (χ4v) is 3.78. The van der Waals surface area contributed by atoms with Gasteiger partial charge < -0.3 is 15.4 Å². The van der Waals surface area contributed by atoms with Gasteiger partial charge in [-0.05, 0) is 48.2 Å². The number of thioether (sulfide) groups is 1. The topological polar surface area (TPSA) is 67.4 Å². The Kier molecular flexibility index (Phi) is 5.04. The van der Waals surface area contributed by atoms with Crippen molar-refractivity contribution in [3.8, 4) is 11.5 Å². The van der Waals surface area contributed by atoms with Crippen LogP contribution >= 0.6 is 11.8 Å². The summed E-state index contributed by atoms with van der Waals surface area (Å²) in [7, 11) is 0. The summed E-state index contributed by atoms with van der Waals surface area (Å²) in [6, 6.07) is 19.8. The molecular formula is C22H18N2O3S. The second kappa shape index (κ2) is 7.78. The summed E-state index contributed by atoms with van der Waals surface area (Å²) >= 11 is 1.61. The highest BCUT2D eigenvalue weighted by Gasteiger charge is 2.21. The Hall–Kier alpha value is -3.25. The van der Waals surface area contributed by atoms with Crippen LogP contribution in [0.1, 0.15) is 27.6 Å². The first-order valence-electron chi connectivity index (χ1n) is 8.91. The molecule has 0 saturated heterocycles. The molecule has 0 radical (unpaired) electrons. The minimum atomic E-state index is -0.280. The molecular weight excluding hydrogens is 372 g/mol. The average molecular weight is 390 g/mol. The van der Waals surface area contributed by atoms with E-state index in [-0.39, 0.29) is 11.8 Å². The number of carbonyl (C=O) groups is 2. The molecule has 0 bridgehead atoms. The van der Waals surface area contributed by atoms with Crippen molar-refractivity contribution in [2.45, 2.75) is 11.8 Å². The molecule has 3 aromatic rings. The molecule has 6 heteroatoms. The zero-order valence-electron chi connectivity index (χ0n) is 15.2. The molecule has 0 saturated carbocycles. The summed E-state index contributed by atoms with van der Waals surface area (Å²) in [6.45, 7) is 2.04. The summed E-state index contributed by atoms with van der Waals surface area (Å²) in [5.74, 6) is 1.41. The van der Waals surface area contributed by atoms with Crippen molar-refractivity contribution < 1.29 is 14.3 Å². The number of anilines is 2. The largest absolute Gasteiger partial charge is 0.454 e. The smallest absolute Gasteiger partial charge is 0.259 e. The molecule has 2 amide bonds. The van der Waals surface area contributed by atoms with Crippen molar-refractivity contribution >= 4 is 35.0 Å². The minimum absolute atomic E-state index is 0.213. The third kappa shape index (κ3) is 3.59. The predicted octanol–water partition coefficient (Wildman–Crippen LogP) is 5.41. The van der Waals surface area contributed by atoms with Crippen LogP contribution in [-0.4, -0.2) is 17.6 Å². The Morgan fingerprint density at radius 2 is 1.82 bits per heavy atom. The van der Waals surface area contributed by atoms with E-state index < -0.39 is 0 Å². The number of benzene rings is 3. The van der Waals surface area contributed by atoms with Gasteiger partial charge in [0.25, 0.3) is 11.8 Å². The van der Waals surface area contributed by atoms with Gasteiger partial charge in [-0.3, -0.25) is 9.59 Å². The van der Waals surface area contributed by atoms with Gasteiger partial charge in [-0.15, -0.1) is 11.8 Å². The highest BCUT2D eigenvalue weighted by Crippen LogP contribution is 2.36. The van der Waals surface area contributed by atoms with Crippen LogP contribution in [0.2, 0.25) is 0 Å². The number of ether oxygens (including phenoxy) is 1. The second-order valence-electron chi connectivity index (χ2n) is 6.15. The zero-order chi connectivity index (χ0) is 19.5. The van der Waals surface area contributed by atoms with E-state index in [0.29, 0.717) is 34.0 Å². The lowest BCUT2D eigenvalue weighted by molar-refractivity contribution is 0.101. The number of para-hydroxylation sites is 2. The van der Waals surface area contributed by atoms with E-state index in [1.54, 1.807) is 48.2 Å². The number of hydrogen-bond donors (Lipinski definition) is 2. The van der Waals surface area contributed by atoms with Crippen molar-refractivity contribution in [3.05, 3.63) is 77.9 Å². The molecule has 2 N–H and O–H groups in total. The molecule has 0 spiro atoms. The van der Waals surface area contributed by atoms with E-state index in [9.17, 15) is 9.59 Å². The SMILES string of the molecule is CCSc1ccccc1C(=O)Nc1ccc2c(c1)C(=O)Nc1ccccc1O2. The van der Waals surface area contributed by atoms with Crippen LogP contribution in [0.15, 0.2) is 71.6 Å². The van der Waals surface area contributed by atoms with Gasteiger partial charge in [0.05, 0.1) is 16.8 Å². The van der Waals surface area contributed by atoms with E-state index in [1.807, 2.05) is 37.3 Å². The highest BCUT2D eigenvalue weighted by atomic mass is 32.2. The van der Waals surface area contributed by atoms with Crippen LogP contribution in [-0.2, 0) is 0 Å². The van der Waals surface area contributed by atoms with Gasteiger partial charge in [-0.1, -0.05) is 31.2 Å². The van der Waals surface area contributed by atoms with Crippen LogP contribution in [0.25, 0.3) is 0 Å². The number of nitrogens with one attached hydrogen (secondary N) is 2. The number of rotatable bonds is 4. The monoisotopic (exact) mass is 390 g/mol. The standard InChI is InChI=1S/C22H18N2O3S/c1-2-28-20-10-6-3-7-15(20)21(25)23-14-11-12-18-16(13-14)22(26)24-17-8-4-5-9-19(17)27-18/h3-13H,2H2,1H3,(H,23,25)(H,24,26). The average Bonchev–Trinajstić information content (AvgIpc) is 2.84. The zero-order valence-corrected chi connectivity index (χ0v) is 16.0. The Morgan fingerprint density at radius 3 is 2.68 bits per heavy atom. The van der Waals surface area contributed by atoms with Crippen molar-refractivity contribution in [1.82, 2.24) is 0 Å². The molecule has 140 valence electrons. The first-order chi connectivity index (χ1) is 13.7. The van der Waals surface area contributed by atoms with Crippen LogP contribution in [0, 0.1) is 0 Å². The van der Waals surface area contributed by atoms with E-state index in [1.165, 1.54) is 0 Å². The van der Waals surface area contributed by atoms with Gasteiger partial charge in [0.15, 0.2) is 5.75 Å². The molecule has 0 atom stereocenters. The molecule has 1 heterocycles. The fraction of sp³-hybridized carbons (Fsp3) is 0.0909. The van der Waals surface area contributed by atoms with Crippen LogP contribution in [0.4, 0.5) is 11.4 Å². The molecule has 0 fully saturated rings. The Balaban J connectivity index is 1.61. The normalized spacial score (nSPS) is 12.1. The highest BCUT2D eigenvalue weighted by molar-refractivity contribution is 7.99. The lowest BCUT2D eigenvalue weighted by atomic mass is 10.1. The summed E-state index contributed by atoms with van der Waals surface area (Å²) in [6.07, 6.45) is 0. The number of carbonyl (C=O) groups excluding carboxylic acids is 2. The van der Waals surface area contributed by atoms with Crippen LogP contribution in [0.3, 0.4) is 0 Å². The van der Waals surface area contributed by atoms with Crippen molar-refractivity contribution in [2.24, 2.45) is 0 Å². The quantitative estimate of drug-likeness (QED) is 0.585. The predicted molar refractivity (Wildman–Crippen MR) is 112 cm³/mol. The van der Waals surface area contributed by atoms with Gasteiger partial charge in [-0.2, -0.15) is 0 Å². The number of amides is 2.